The lowest BCUT2D eigenvalue weighted by atomic mass is 10.1. The van der Waals surface area contributed by atoms with Crippen LogP contribution in [0.4, 0.5) is 0 Å². The van der Waals surface area contributed by atoms with Gasteiger partial charge in [-0.25, -0.2) is 0 Å². The highest BCUT2D eigenvalue weighted by Gasteiger charge is 2.04. The van der Waals surface area contributed by atoms with Gasteiger partial charge in [0.2, 0.25) is 0 Å². The minimum absolute atomic E-state index is 0.274. The number of methoxy groups -OCH3 is 1. The third-order valence-corrected chi connectivity index (χ3v) is 2.72. The quantitative estimate of drug-likeness (QED) is 0.707. The molecular formula is C14H22O3. The van der Waals surface area contributed by atoms with Crippen LogP contribution in [0.1, 0.15) is 25.3 Å². The second-order valence-corrected chi connectivity index (χ2v) is 4.03. The molecule has 0 amide bonds. The molecule has 0 saturated heterocycles. The van der Waals surface area contributed by atoms with E-state index in [0.29, 0.717) is 19.6 Å². The molecule has 0 aliphatic rings. The van der Waals surface area contributed by atoms with Crippen LogP contribution >= 0.6 is 0 Å². The first-order valence-corrected chi connectivity index (χ1v) is 6.15. The van der Waals surface area contributed by atoms with Crippen molar-refractivity contribution in [2.24, 2.45) is 0 Å². The first-order chi connectivity index (χ1) is 8.26. The van der Waals surface area contributed by atoms with Gasteiger partial charge in [-0.3, -0.25) is 0 Å². The summed E-state index contributed by atoms with van der Waals surface area (Å²) in [5, 5.41) is 9.73. The third kappa shape index (κ3) is 5.71. The molecule has 0 aliphatic heterocycles. The van der Waals surface area contributed by atoms with Crippen molar-refractivity contribution in [1.29, 1.82) is 0 Å². The molecule has 0 aromatic heterocycles. The van der Waals surface area contributed by atoms with Gasteiger partial charge in [0.05, 0.1) is 13.2 Å². The molecule has 0 spiro atoms. The van der Waals surface area contributed by atoms with Crippen LogP contribution in [0.2, 0.25) is 0 Å². The highest BCUT2D eigenvalue weighted by molar-refractivity contribution is 5.27. The monoisotopic (exact) mass is 238 g/mol. The zero-order chi connectivity index (χ0) is 12.5. The molecule has 1 atom stereocenters. The van der Waals surface area contributed by atoms with Crippen molar-refractivity contribution < 1.29 is 14.6 Å². The van der Waals surface area contributed by atoms with E-state index in [1.807, 2.05) is 31.2 Å². The molecule has 0 radical (unpaired) electrons. The number of aliphatic hydroxyl groups excluding tert-OH is 1. The van der Waals surface area contributed by atoms with E-state index in [9.17, 15) is 5.11 Å². The summed E-state index contributed by atoms with van der Waals surface area (Å²) in [5.74, 6) is 0.866. The fraction of sp³-hybridized carbons (Fsp3) is 0.571. The highest BCUT2D eigenvalue weighted by atomic mass is 16.5. The molecule has 1 N–H and O–H groups in total. The zero-order valence-electron chi connectivity index (χ0n) is 10.7. The number of hydrogen-bond acceptors (Lipinski definition) is 3. The van der Waals surface area contributed by atoms with E-state index in [-0.39, 0.29) is 6.10 Å². The predicted molar refractivity (Wildman–Crippen MR) is 68.4 cm³/mol. The summed E-state index contributed by atoms with van der Waals surface area (Å²) in [6.07, 6.45) is 2.10. The molecule has 1 aromatic rings. The Hall–Kier alpha value is -1.06. The van der Waals surface area contributed by atoms with E-state index in [0.717, 1.165) is 18.6 Å². The Kier molecular flexibility index (Phi) is 6.67. The maximum absolute atomic E-state index is 9.73. The number of rotatable bonds is 8. The number of ether oxygens (including phenoxy) is 2. The summed E-state index contributed by atoms with van der Waals surface area (Å²) in [6.45, 7) is 3.31. The maximum atomic E-state index is 9.73. The van der Waals surface area contributed by atoms with E-state index >= 15 is 0 Å². The molecule has 1 aromatic carbocycles. The van der Waals surface area contributed by atoms with Crippen molar-refractivity contribution >= 4 is 0 Å². The molecule has 0 aliphatic carbocycles. The molecule has 96 valence electrons. The van der Waals surface area contributed by atoms with E-state index in [1.165, 1.54) is 5.56 Å². The van der Waals surface area contributed by atoms with Crippen LogP contribution in [0, 0.1) is 0 Å². The van der Waals surface area contributed by atoms with Gasteiger partial charge < -0.3 is 14.6 Å². The average molecular weight is 238 g/mol. The normalized spacial score (nSPS) is 12.4. The van der Waals surface area contributed by atoms with Crippen molar-refractivity contribution in [3.8, 4) is 5.75 Å². The van der Waals surface area contributed by atoms with E-state index in [4.69, 9.17) is 9.47 Å². The summed E-state index contributed by atoms with van der Waals surface area (Å²) >= 11 is 0. The SMILES string of the molecule is CCOCCC(O)CCc1ccc(OC)cc1. The van der Waals surface area contributed by atoms with Crippen molar-refractivity contribution in [2.45, 2.75) is 32.3 Å². The summed E-state index contributed by atoms with van der Waals surface area (Å²) in [7, 11) is 1.66. The Bertz CT molecular complexity index is 295. The van der Waals surface area contributed by atoms with Crippen LogP contribution in [-0.2, 0) is 11.2 Å². The Balaban J connectivity index is 2.24. The molecule has 3 nitrogen and oxygen atoms in total. The molecule has 1 rings (SSSR count). The molecular weight excluding hydrogens is 216 g/mol. The van der Waals surface area contributed by atoms with Gasteiger partial charge in [-0.05, 0) is 43.9 Å². The Morgan fingerprint density at radius 3 is 2.47 bits per heavy atom. The van der Waals surface area contributed by atoms with Crippen LogP contribution < -0.4 is 4.74 Å². The molecule has 3 heteroatoms. The van der Waals surface area contributed by atoms with Gasteiger partial charge in [0, 0.05) is 13.2 Å². The number of benzene rings is 1. The molecule has 0 bridgehead atoms. The molecule has 1 unspecified atom stereocenters. The minimum Gasteiger partial charge on any atom is -0.497 e. The zero-order valence-corrected chi connectivity index (χ0v) is 10.7. The Labute approximate surface area is 103 Å². The standard InChI is InChI=1S/C14H22O3/c1-3-17-11-10-13(15)7-4-12-5-8-14(16-2)9-6-12/h5-6,8-9,13,15H,3-4,7,10-11H2,1-2H3. The fourth-order valence-corrected chi connectivity index (χ4v) is 1.63. The minimum atomic E-state index is -0.274. The van der Waals surface area contributed by atoms with Crippen molar-refractivity contribution in [2.75, 3.05) is 20.3 Å². The van der Waals surface area contributed by atoms with Crippen LogP contribution in [0.25, 0.3) is 0 Å². The summed E-state index contributed by atoms with van der Waals surface area (Å²) in [5.41, 5.74) is 1.22. The molecule has 17 heavy (non-hydrogen) atoms. The highest BCUT2D eigenvalue weighted by Crippen LogP contribution is 2.13. The van der Waals surface area contributed by atoms with E-state index in [1.54, 1.807) is 7.11 Å². The van der Waals surface area contributed by atoms with Crippen molar-refractivity contribution in [3.05, 3.63) is 29.8 Å². The van der Waals surface area contributed by atoms with Gasteiger partial charge in [-0.1, -0.05) is 12.1 Å². The van der Waals surface area contributed by atoms with E-state index in [2.05, 4.69) is 0 Å². The van der Waals surface area contributed by atoms with Crippen LogP contribution in [0.3, 0.4) is 0 Å². The van der Waals surface area contributed by atoms with Crippen LogP contribution in [0.5, 0.6) is 5.75 Å². The van der Waals surface area contributed by atoms with Gasteiger partial charge in [0.1, 0.15) is 5.75 Å². The van der Waals surface area contributed by atoms with Crippen LogP contribution in [0.15, 0.2) is 24.3 Å². The molecule has 0 fully saturated rings. The van der Waals surface area contributed by atoms with Gasteiger partial charge in [0.15, 0.2) is 0 Å². The summed E-state index contributed by atoms with van der Waals surface area (Å²) < 4.78 is 10.3. The van der Waals surface area contributed by atoms with Gasteiger partial charge in [0.25, 0.3) is 0 Å². The second kappa shape index (κ2) is 8.09. The van der Waals surface area contributed by atoms with Gasteiger partial charge >= 0.3 is 0 Å². The van der Waals surface area contributed by atoms with E-state index < -0.39 is 0 Å². The largest absolute Gasteiger partial charge is 0.497 e. The lowest BCUT2D eigenvalue weighted by molar-refractivity contribution is 0.0845. The number of aryl methyl sites for hydroxylation is 1. The lowest BCUT2D eigenvalue weighted by Crippen LogP contribution is -2.11. The topological polar surface area (TPSA) is 38.7 Å². The van der Waals surface area contributed by atoms with Gasteiger partial charge in [-0.2, -0.15) is 0 Å². The second-order valence-electron chi connectivity index (χ2n) is 4.03. The van der Waals surface area contributed by atoms with Gasteiger partial charge in [-0.15, -0.1) is 0 Å². The Morgan fingerprint density at radius 2 is 1.88 bits per heavy atom. The third-order valence-electron chi connectivity index (χ3n) is 2.72. The van der Waals surface area contributed by atoms with Crippen molar-refractivity contribution in [3.63, 3.8) is 0 Å². The summed E-state index contributed by atoms with van der Waals surface area (Å²) in [6, 6.07) is 7.96. The lowest BCUT2D eigenvalue weighted by Gasteiger charge is -2.10. The summed E-state index contributed by atoms with van der Waals surface area (Å²) in [4.78, 5) is 0. The molecule has 0 saturated carbocycles. The maximum Gasteiger partial charge on any atom is 0.118 e. The number of aliphatic hydroxyl groups is 1. The van der Waals surface area contributed by atoms with Crippen LogP contribution in [-0.4, -0.2) is 31.5 Å². The fourth-order valence-electron chi connectivity index (χ4n) is 1.63. The van der Waals surface area contributed by atoms with Crippen molar-refractivity contribution in [1.82, 2.24) is 0 Å². The molecule has 0 heterocycles. The first kappa shape index (κ1) is 14.0. The number of hydrogen-bond donors (Lipinski definition) is 1. The average Bonchev–Trinajstić information content (AvgIpc) is 2.37. The smallest absolute Gasteiger partial charge is 0.118 e. The Morgan fingerprint density at radius 1 is 1.18 bits per heavy atom. The predicted octanol–water partition coefficient (Wildman–Crippen LogP) is 2.42. The first-order valence-electron chi connectivity index (χ1n) is 6.15.